The van der Waals surface area contributed by atoms with Gasteiger partial charge < -0.3 is 9.88 Å². The van der Waals surface area contributed by atoms with Crippen LogP contribution in [0.15, 0.2) is 35.4 Å². The first-order chi connectivity index (χ1) is 13.1. The minimum Gasteiger partial charge on any atom is -0.345 e. The third-order valence-corrected chi connectivity index (χ3v) is 6.00. The highest BCUT2D eigenvalue weighted by Crippen LogP contribution is 2.28. The summed E-state index contributed by atoms with van der Waals surface area (Å²) in [7, 11) is -1.72. The third-order valence-electron chi connectivity index (χ3n) is 4.42. The maximum Gasteiger partial charge on any atom is 0.272 e. The first kappa shape index (κ1) is 20.2. The largest absolute Gasteiger partial charge is 0.345 e. The molecular weight excluding hydrogens is 386 g/mol. The zero-order valence-electron chi connectivity index (χ0n) is 15.8. The predicted octanol–water partition coefficient (Wildman–Crippen LogP) is 3.91. The van der Waals surface area contributed by atoms with E-state index in [1.54, 1.807) is 19.2 Å². The summed E-state index contributed by atoms with van der Waals surface area (Å²) < 4.78 is 52.1. The average molecular weight is 408 g/mol. The Bertz CT molecular complexity index is 1060. The number of benzene rings is 1. The molecule has 0 radical (unpaired) electrons. The summed E-state index contributed by atoms with van der Waals surface area (Å²) in [4.78, 5) is 13.0. The molecule has 2 heterocycles. The number of aryl methyl sites for hydroxylation is 1. The maximum atomic E-state index is 13.4. The van der Waals surface area contributed by atoms with Gasteiger partial charge in [0.2, 0.25) is 0 Å². The molecule has 1 aliphatic heterocycles. The molecule has 9 heteroatoms. The zero-order valence-corrected chi connectivity index (χ0v) is 16.6. The highest BCUT2D eigenvalue weighted by Gasteiger charge is 2.28. The molecule has 1 aliphatic rings. The van der Waals surface area contributed by atoms with Crippen molar-refractivity contribution in [3.05, 3.63) is 53.4 Å². The van der Waals surface area contributed by atoms with Crippen LogP contribution in [0.25, 0.3) is 6.08 Å². The Morgan fingerprint density at radius 3 is 2.71 bits per heavy atom. The number of fused-ring (bicyclic) bond motifs is 1. The molecule has 2 aromatic rings. The molecule has 6 nitrogen and oxygen atoms in total. The fraction of sp³-hybridized carbons (Fsp3) is 0.316. The van der Waals surface area contributed by atoms with E-state index in [1.807, 2.05) is 13.8 Å². The molecule has 28 heavy (non-hydrogen) atoms. The lowest BCUT2D eigenvalue weighted by Crippen LogP contribution is -2.32. The van der Waals surface area contributed by atoms with Gasteiger partial charge in [0.15, 0.2) is 11.6 Å². The first-order valence-corrected chi connectivity index (χ1v) is 10.3. The normalized spacial score (nSPS) is 21.4. The van der Waals surface area contributed by atoms with Crippen molar-refractivity contribution in [1.82, 2.24) is 9.29 Å². The topological polar surface area (TPSA) is 87.0 Å². The van der Waals surface area contributed by atoms with Crippen LogP contribution in [-0.4, -0.2) is 20.7 Å². The molecule has 1 aromatic heterocycles. The van der Waals surface area contributed by atoms with Gasteiger partial charge in [-0.2, -0.15) is 0 Å². The summed E-state index contributed by atoms with van der Waals surface area (Å²) in [5.74, 6) is -2.32. The Morgan fingerprint density at radius 2 is 2.07 bits per heavy atom. The Morgan fingerprint density at radius 1 is 1.36 bits per heavy atom. The average Bonchev–Trinajstić information content (AvgIpc) is 2.87. The molecule has 1 unspecified atom stereocenters. The zero-order chi connectivity index (χ0) is 20.6. The van der Waals surface area contributed by atoms with Crippen molar-refractivity contribution in [3.8, 4) is 0 Å². The van der Waals surface area contributed by atoms with Gasteiger partial charge in [-0.3, -0.25) is 4.79 Å². The quantitative estimate of drug-likeness (QED) is 0.716. The van der Waals surface area contributed by atoms with Crippen LogP contribution in [0.5, 0.6) is 0 Å². The van der Waals surface area contributed by atoms with Crippen LogP contribution in [0, 0.1) is 22.3 Å². The van der Waals surface area contributed by atoms with Crippen molar-refractivity contribution in [2.45, 2.75) is 31.2 Å². The van der Waals surface area contributed by atoms with Crippen molar-refractivity contribution >= 4 is 27.6 Å². The molecule has 3 N–H and O–H groups in total. The van der Waals surface area contributed by atoms with Crippen LogP contribution in [0.3, 0.4) is 0 Å². The fourth-order valence-corrected chi connectivity index (χ4v) is 4.73. The number of nitrogens with one attached hydrogen (secondary N) is 3. The number of anilines is 1. The summed E-state index contributed by atoms with van der Waals surface area (Å²) in [6.07, 6.45) is 5.67. The van der Waals surface area contributed by atoms with Gasteiger partial charge >= 0.3 is 0 Å². The van der Waals surface area contributed by atoms with Crippen molar-refractivity contribution < 1.29 is 17.8 Å². The van der Waals surface area contributed by atoms with E-state index in [4.69, 9.17) is 4.78 Å². The van der Waals surface area contributed by atoms with Crippen LogP contribution < -0.4 is 10.0 Å². The first-order valence-electron chi connectivity index (χ1n) is 8.78. The van der Waals surface area contributed by atoms with Crippen LogP contribution in [0.4, 0.5) is 14.5 Å². The van der Waals surface area contributed by atoms with E-state index in [0.717, 1.165) is 12.1 Å². The SMILES string of the molecule is CC(C)C[C@H]1C=Cc2c(cn(C)c2C(=O)Nc2ccc(F)c(F)c2)S(=N)(=O)N1. The second-order valence-corrected chi connectivity index (χ2v) is 9.01. The van der Waals surface area contributed by atoms with Gasteiger partial charge in [0.1, 0.15) is 15.6 Å². The third kappa shape index (κ3) is 4.00. The molecule has 0 aliphatic carbocycles. The van der Waals surface area contributed by atoms with Gasteiger partial charge in [-0.05, 0) is 24.5 Å². The Labute approximate surface area is 162 Å². The van der Waals surface area contributed by atoms with Crippen LogP contribution in [-0.2, 0) is 17.0 Å². The smallest absolute Gasteiger partial charge is 0.272 e. The number of aromatic nitrogens is 1. The van der Waals surface area contributed by atoms with Crippen molar-refractivity contribution in [1.29, 1.82) is 4.78 Å². The summed E-state index contributed by atoms with van der Waals surface area (Å²) in [5.41, 5.74) is 0.656. The molecule has 1 aromatic carbocycles. The van der Waals surface area contributed by atoms with Crippen LogP contribution in [0.2, 0.25) is 0 Å². The molecule has 3 rings (SSSR count). The summed E-state index contributed by atoms with van der Waals surface area (Å²) in [6, 6.07) is 2.80. The van der Waals surface area contributed by atoms with Crippen molar-refractivity contribution in [2.24, 2.45) is 13.0 Å². The van der Waals surface area contributed by atoms with Crippen molar-refractivity contribution in [2.75, 3.05) is 5.32 Å². The van der Waals surface area contributed by atoms with E-state index >= 15 is 0 Å². The highest BCUT2D eigenvalue weighted by atomic mass is 32.2. The van der Waals surface area contributed by atoms with Gasteiger partial charge in [0.25, 0.3) is 5.91 Å². The number of nitrogens with zero attached hydrogens (tertiary/aromatic N) is 1. The summed E-state index contributed by atoms with van der Waals surface area (Å²) >= 11 is 0. The summed E-state index contributed by atoms with van der Waals surface area (Å²) in [6.45, 7) is 4.06. The molecule has 0 saturated carbocycles. The molecule has 150 valence electrons. The second-order valence-electron chi connectivity index (χ2n) is 7.22. The minimum absolute atomic E-state index is 0.0962. The number of halogens is 2. The number of carbonyl (C=O) groups is 1. The van der Waals surface area contributed by atoms with Gasteiger partial charge in [-0.1, -0.05) is 26.0 Å². The van der Waals surface area contributed by atoms with E-state index in [-0.39, 0.29) is 22.3 Å². The van der Waals surface area contributed by atoms with Gasteiger partial charge in [-0.25, -0.2) is 22.5 Å². The Balaban J connectivity index is 1.99. The molecule has 0 bridgehead atoms. The Hall–Kier alpha value is -2.52. The molecule has 2 atom stereocenters. The van der Waals surface area contributed by atoms with E-state index in [1.165, 1.54) is 16.8 Å². The number of hydrogen-bond acceptors (Lipinski definition) is 3. The second kappa shape index (κ2) is 7.48. The van der Waals surface area contributed by atoms with Gasteiger partial charge in [0.05, 0.1) is 4.90 Å². The lowest BCUT2D eigenvalue weighted by Gasteiger charge is -2.17. The number of carbonyl (C=O) groups excluding carboxylic acids is 1. The minimum atomic E-state index is -3.32. The summed E-state index contributed by atoms with van der Waals surface area (Å²) in [5, 5.41) is 2.52. The van der Waals surface area contributed by atoms with Gasteiger partial charge in [-0.15, -0.1) is 0 Å². The standard InChI is InChI=1S/C19H22F2N4O2S/c1-11(2)8-13-4-6-14-17(28(22,27)24-13)10-25(3)18(14)19(26)23-12-5-7-15(20)16(21)9-12/h4-7,9-11,13H,8H2,1-3H3,(H,23,26)(H2,22,24,27)/t13-,28?/m1/s1. The monoisotopic (exact) mass is 408 g/mol. The Kier molecular flexibility index (Phi) is 5.40. The maximum absolute atomic E-state index is 13.4. The highest BCUT2D eigenvalue weighted by molar-refractivity contribution is 7.90. The lowest BCUT2D eigenvalue weighted by molar-refractivity contribution is 0.101. The van der Waals surface area contributed by atoms with Crippen LogP contribution in [0.1, 0.15) is 36.3 Å². The molecule has 0 fully saturated rings. The van der Waals surface area contributed by atoms with E-state index in [0.29, 0.717) is 17.9 Å². The predicted molar refractivity (Wildman–Crippen MR) is 104 cm³/mol. The number of rotatable bonds is 4. The van der Waals surface area contributed by atoms with E-state index in [9.17, 15) is 17.8 Å². The molecule has 1 amide bonds. The van der Waals surface area contributed by atoms with Crippen LogP contribution >= 0.6 is 0 Å². The van der Waals surface area contributed by atoms with Crippen molar-refractivity contribution in [3.63, 3.8) is 0 Å². The fourth-order valence-electron chi connectivity index (χ4n) is 3.22. The van der Waals surface area contributed by atoms with Gasteiger partial charge in [0, 0.05) is 36.6 Å². The lowest BCUT2D eigenvalue weighted by atomic mass is 10.0. The van der Waals surface area contributed by atoms with E-state index < -0.39 is 27.5 Å². The number of hydrogen-bond donors (Lipinski definition) is 3. The van der Waals surface area contributed by atoms with E-state index in [2.05, 4.69) is 10.0 Å². The molecule has 0 saturated heterocycles. The molecule has 0 spiro atoms. The molecular formula is C19H22F2N4O2S. The number of amides is 1.